The second-order valence-corrected chi connectivity index (χ2v) is 5.42. The van der Waals surface area contributed by atoms with E-state index in [0.717, 1.165) is 10.5 Å². The molecule has 0 radical (unpaired) electrons. The van der Waals surface area contributed by atoms with Crippen molar-refractivity contribution < 1.29 is 14.4 Å². The molecule has 0 bridgehead atoms. The van der Waals surface area contributed by atoms with Gasteiger partial charge in [0.2, 0.25) is 5.91 Å². The molecule has 0 aromatic heterocycles. The standard InChI is InChI=1S/C13H18N4O3S/c1-8-3-5-10(6-4-8)21-7-11(18)16-17-12(19)9(2)15-13(14)20/h3-6,9H,7H2,1-2H3,(H,16,18)(H,17,19)(H3,14,15,20). The zero-order valence-electron chi connectivity index (χ0n) is 11.8. The lowest BCUT2D eigenvalue weighted by atomic mass is 10.2. The monoisotopic (exact) mass is 310 g/mol. The Bertz CT molecular complexity index is 519. The Hall–Kier alpha value is -2.22. The number of amides is 4. The SMILES string of the molecule is Cc1ccc(SCC(=O)NNC(=O)C(C)NC(N)=O)cc1. The van der Waals surface area contributed by atoms with Crippen molar-refractivity contribution in [1.82, 2.24) is 16.2 Å². The number of primary amides is 1. The first-order chi connectivity index (χ1) is 9.88. The molecule has 1 atom stereocenters. The van der Waals surface area contributed by atoms with Crippen LogP contribution in [-0.2, 0) is 9.59 Å². The second kappa shape index (κ2) is 8.15. The molecule has 1 rings (SSSR count). The molecule has 0 saturated carbocycles. The summed E-state index contributed by atoms with van der Waals surface area (Å²) in [5.74, 6) is -0.733. The van der Waals surface area contributed by atoms with Gasteiger partial charge in [-0.1, -0.05) is 17.7 Å². The number of thioether (sulfide) groups is 1. The molecule has 114 valence electrons. The molecule has 1 aromatic rings. The number of hydrogen-bond donors (Lipinski definition) is 4. The van der Waals surface area contributed by atoms with Gasteiger partial charge in [-0.2, -0.15) is 0 Å². The van der Waals surface area contributed by atoms with E-state index >= 15 is 0 Å². The molecular weight excluding hydrogens is 292 g/mol. The van der Waals surface area contributed by atoms with Gasteiger partial charge in [-0.05, 0) is 26.0 Å². The zero-order chi connectivity index (χ0) is 15.8. The van der Waals surface area contributed by atoms with Crippen molar-refractivity contribution in [2.75, 3.05) is 5.75 Å². The lowest BCUT2D eigenvalue weighted by Gasteiger charge is -2.13. The van der Waals surface area contributed by atoms with Gasteiger partial charge in [0.25, 0.3) is 5.91 Å². The predicted molar refractivity (Wildman–Crippen MR) is 80.4 cm³/mol. The molecule has 7 nitrogen and oxygen atoms in total. The summed E-state index contributed by atoms with van der Waals surface area (Å²) in [5.41, 5.74) is 10.5. The van der Waals surface area contributed by atoms with Gasteiger partial charge in [-0.25, -0.2) is 4.79 Å². The number of benzene rings is 1. The number of rotatable bonds is 5. The molecule has 1 unspecified atom stereocenters. The summed E-state index contributed by atoms with van der Waals surface area (Å²) in [7, 11) is 0. The molecule has 0 spiro atoms. The van der Waals surface area contributed by atoms with Gasteiger partial charge in [0.1, 0.15) is 6.04 Å². The minimum Gasteiger partial charge on any atom is -0.352 e. The summed E-state index contributed by atoms with van der Waals surface area (Å²) < 4.78 is 0. The number of nitrogens with one attached hydrogen (secondary N) is 3. The highest BCUT2D eigenvalue weighted by molar-refractivity contribution is 8.00. The van der Waals surface area contributed by atoms with Gasteiger partial charge >= 0.3 is 6.03 Å². The average molecular weight is 310 g/mol. The van der Waals surface area contributed by atoms with Crippen LogP contribution in [0.5, 0.6) is 0 Å². The molecule has 1 aromatic carbocycles. The molecular formula is C13H18N4O3S. The summed E-state index contributed by atoms with van der Waals surface area (Å²) in [5, 5.41) is 2.20. The van der Waals surface area contributed by atoms with Gasteiger partial charge in [0.05, 0.1) is 5.75 Å². The van der Waals surface area contributed by atoms with E-state index in [2.05, 4.69) is 16.2 Å². The second-order valence-electron chi connectivity index (χ2n) is 4.37. The van der Waals surface area contributed by atoms with Gasteiger partial charge < -0.3 is 11.1 Å². The van der Waals surface area contributed by atoms with Crippen LogP contribution < -0.4 is 21.9 Å². The van der Waals surface area contributed by atoms with Gasteiger partial charge in [0, 0.05) is 4.90 Å². The van der Waals surface area contributed by atoms with Gasteiger partial charge in [0.15, 0.2) is 0 Å². The topological polar surface area (TPSA) is 113 Å². The smallest absolute Gasteiger partial charge is 0.312 e. The molecule has 0 aliphatic heterocycles. The largest absolute Gasteiger partial charge is 0.352 e. The van der Waals surface area contributed by atoms with Crippen LogP contribution in [0, 0.1) is 6.92 Å². The number of nitrogens with two attached hydrogens (primary N) is 1. The Kier molecular flexibility index (Phi) is 6.54. The summed E-state index contributed by atoms with van der Waals surface area (Å²) in [6, 6.07) is 6.12. The van der Waals surface area contributed by atoms with Crippen LogP contribution in [0.4, 0.5) is 4.79 Å². The molecule has 0 fully saturated rings. The summed E-state index contributed by atoms with van der Waals surface area (Å²) in [4.78, 5) is 34.6. The van der Waals surface area contributed by atoms with E-state index < -0.39 is 18.0 Å². The third-order valence-corrected chi connectivity index (χ3v) is 3.48. The van der Waals surface area contributed by atoms with Crippen LogP contribution in [-0.4, -0.2) is 29.6 Å². The zero-order valence-corrected chi connectivity index (χ0v) is 12.6. The van der Waals surface area contributed by atoms with Crippen LogP contribution >= 0.6 is 11.8 Å². The first kappa shape index (κ1) is 16.8. The van der Waals surface area contributed by atoms with Crippen LogP contribution in [0.25, 0.3) is 0 Å². The molecule has 21 heavy (non-hydrogen) atoms. The maximum Gasteiger partial charge on any atom is 0.312 e. The molecule has 0 aliphatic rings. The van der Waals surface area contributed by atoms with E-state index in [1.54, 1.807) is 0 Å². The Balaban J connectivity index is 2.29. The van der Waals surface area contributed by atoms with Crippen molar-refractivity contribution in [2.45, 2.75) is 24.8 Å². The molecule has 5 N–H and O–H groups in total. The highest BCUT2D eigenvalue weighted by atomic mass is 32.2. The lowest BCUT2D eigenvalue weighted by molar-refractivity contribution is -0.128. The van der Waals surface area contributed by atoms with Crippen molar-refractivity contribution in [1.29, 1.82) is 0 Å². The van der Waals surface area contributed by atoms with E-state index in [9.17, 15) is 14.4 Å². The summed E-state index contributed by atoms with van der Waals surface area (Å²) in [6.45, 7) is 3.44. The minimum absolute atomic E-state index is 0.168. The normalized spacial score (nSPS) is 11.3. The van der Waals surface area contributed by atoms with Crippen LogP contribution in [0.2, 0.25) is 0 Å². The average Bonchev–Trinajstić information content (AvgIpc) is 2.43. The third kappa shape index (κ3) is 6.66. The fourth-order valence-electron chi connectivity index (χ4n) is 1.34. The van der Waals surface area contributed by atoms with Crippen LogP contribution in [0.15, 0.2) is 29.2 Å². The maximum absolute atomic E-state index is 11.6. The third-order valence-electron chi connectivity index (χ3n) is 2.47. The summed E-state index contributed by atoms with van der Waals surface area (Å²) in [6.07, 6.45) is 0. The first-order valence-corrected chi connectivity index (χ1v) is 7.21. The van der Waals surface area contributed by atoms with E-state index in [4.69, 9.17) is 5.73 Å². The molecule has 0 aliphatic carbocycles. The number of hydrazine groups is 1. The highest BCUT2D eigenvalue weighted by Crippen LogP contribution is 2.17. The number of carbonyl (C=O) groups is 3. The van der Waals surface area contributed by atoms with E-state index in [1.165, 1.54) is 18.7 Å². The molecule has 4 amide bonds. The fourth-order valence-corrected chi connectivity index (χ4v) is 2.04. The molecule has 8 heteroatoms. The van der Waals surface area contributed by atoms with Crippen LogP contribution in [0.1, 0.15) is 12.5 Å². The molecule has 0 saturated heterocycles. The summed E-state index contributed by atoms with van der Waals surface area (Å²) >= 11 is 1.35. The first-order valence-electron chi connectivity index (χ1n) is 6.22. The van der Waals surface area contributed by atoms with E-state index in [1.807, 2.05) is 31.2 Å². The van der Waals surface area contributed by atoms with Crippen molar-refractivity contribution in [3.63, 3.8) is 0 Å². The predicted octanol–water partition coefficient (Wildman–Crippen LogP) is 0.291. The number of urea groups is 1. The van der Waals surface area contributed by atoms with Crippen LogP contribution in [0.3, 0.4) is 0 Å². The van der Waals surface area contributed by atoms with Gasteiger partial charge in [-0.15, -0.1) is 11.8 Å². The Morgan fingerprint density at radius 1 is 1.19 bits per heavy atom. The van der Waals surface area contributed by atoms with Crippen molar-refractivity contribution in [2.24, 2.45) is 5.73 Å². The van der Waals surface area contributed by atoms with Crippen molar-refractivity contribution in [3.05, 3.63) is 29.8 Å². The van der Waals surface area contributed by atoms with Gasteiger partial charge in [-0.3, -0.25) is 20.4 Å². The van der Waals surface area contributed by atoms with E-state index in [0.29, 0.717) is 0 Å². The maximum atomic E-state index is 11.6. The minimum atomic E-state index is -0.826. The van der Waals surface area contributed by atoms with Crippen molar-refractivity contribution >= 4 is 29.6 Å². The number of aryl methyl sites for hydroxylation is 1. The van der Waals surface area contributed by atoms with E-state index in [-0.39, 0.29) is 11.7 Å². The number of hydrogen-bond acceptors (Lipinski definition) is 4. The fraction of sp³-hybridized carbons (Fsp3) is 0.308. The Morgan fingerprint density at radius 3 is 2.38 bits per heavy atom. The quantitative estimate of drug-likeness (QED) is 0.462. The highest BCUT2D eigenvalue weighted by Gasteiger charge is 2.14. The Labute approximate surface area is 127 Å². The molecule has 0 heterocycles. The lowest BCUT2D eigenvalue weighted by Crippen LogP contribution is -2.52. The number of carbonyl (C=O) groups excluding carboxylic acids is 3. The Morgan fingerprint density at radius 2 is 1.81 bits per heavy atom. The van der Waals surface area contributed by atoms with Crippen molar-refractivity contribution in [3.8, 4) is 0 Å².